The zero-order chi connectivity index (χ0) is 20.2. The zero-order valence-electron chi connectivity index (χ0n) is 17.3. The average Bonchev–Trinajstić information content (AvgIpc) is 3.36. The predicted octanol–water partition coefficient (Wildman–Crippen LogP) is 3.74. The van der Waals surface area contributed by atoms with E-state index >= 15 is 0 Å². The number of benzene rings is 1. The lowest BCUT2D eigenvalue weighted by molar-refractivity contribution is -0.167. The molecule has 1 aromatic carbocycles. The summed E-state index contributed by atoms with van der Waals surface area (Å²) < 4.78 is 12.0. The maximum absolute atomic E-state index is 13.1. The number of amides is 1. The third-order valence-corrected chi connectivity index (χ3v) is 6.87. The summed E-state index contributed by atoms with van der Waals surface area (Å²) in [6.07, 6.45) is 7.83. The average molecular weight is 400 g/mol. The van der Waals surface area contributed by atoms with Crippen molar-refractivity contribution in [1.29, 1.82) is 0 Å². The highest BCUT2D eigenvalue weighted by atomic mass is 16.7. The maximum Gasteiger partial charge on any atom is 0.286 e. The largest absolute Gasteiger partial charge is 0.459 e. The SMILES string of the molecule is CCOC1OC(C(=O)NC2CC3CCC2C3)=CC(c2ccccc2)C1CCCO. The fourth-order valence-corrected chi connectivity index (χ4v) is 5.48. The topological polar surface area (TPSA) is 67.8 Å². The third kappa shape index (κ3) is 4.51. The van der Waals surface area contributed by atoms with E-state index in [1.165, 1.54) is 19.3 Å². The minimum absolute atomic E-state index is 0.0221. The van der Waals surface area contributed by atoms with Gasteiger partial charge in [0.1, 0.15) is 0 Å². The highest BCUT2D eigenvalue weighted by molar-refractivity contribution is 5.92. The molecule has 0 radical (unpaired) electrons. The van der Waals surface area contributed by atoms with Gasteiger partial charge in [0.25, 0.3) is 5.91 Å². The number of hydrogen-bond donors (Lipinski definition) is 2. The molecule has 6 atom stereocenters. The van der Waals surface area contributed by atoms with Crippen molar-refractivity contribution < 1.29 is 19.4 Å². The summed E-state index contributed by atoms with van der Waals surface area (Å²) in [7, 11) is 0. The van der Waals surface area contributed by atoms with E-state index in [1.54, 1.807) is 0 Å². The lowest BCUT2D eigenvalue weighted by Crippen LogP contribution is -2.43. The lowest BCUT2D eigenvalue weighted by Gasteiger charge is -2.37. The highest BCUT2D eigenvalue weighted by Crippen LogP contribution is 2.45. The maximum atomic E-state index is 13.1. The Balaban J connectivity index is 1.56. The van der Waals surface area contributed by atoms with E-state index in [-0.39, 0.29) is 30.4 Å². The van der Waals surface area contributed by atoms with E-state index in [0.29, 0.717) is 24.7 Å². The number of allylic oxidation sites excluding steroid dienone is 1. The Labute approximate surface area is 173 Å². The monoisotopic (exact) mass is 399 g/mol. The van der Waals surface area contributed by atoms with Crippen LogP contribution in [0.2, 0.25) is 0 Å². The first kappa shape index (κ1) is 20.4. The molecule has 5 heteroatoms. The van der Waals surface area contributed by atoms with Gasteiger partial charge in [-0.05, 0) is 62.5 Å². The molecule has 29 heavy (non-hydrogen) atoms. The Hall–Kier alpha value is -1.85. The van der Waals surface area contributed by atoms with Gasteiger partial charge in [0.15, 0.2) is 5.76 Å². The molecule has 158 valence electrons. The van der Waals surface area contributed by atoms with Crippen LogP contribution in [-0.2, 0) is 14.3 Å². The molecule has 2 aliphatic carbocycles. The number of hydrogen-bond acceptors (Lipinski definition) is 4. The lowest BCUT2D eigenvalue weighted by atomic mass is 9.80. The van der Waals surface area contributed by atoms with E-state index in [1.807, 2.05) is 31.2 Å². The summed E-state index contributed by atoms with van der Waals surface area (Å²) in [5.41, 5.74) is 1.15. The van der Waals surface area contributed by atoms with Crippen LogP contribution in [0.15, 0.2) is 42.2 Å². The predicted molar refractivity (Wildman–Crippen MR) is 111 cm³/mol. The van der Waals surface area contributed by atoms with Crippen molar-refractivity contribution in [1.82, 2.24) is 5.32 Å². The van der Waals surface area contributed by atoms with Crippen LogP contribution in [0.25, 0.3) is 0 Å². The number of fused-ring (bicyclic) bond motifs is 2. The first-order valence-electron chi connectivity index (χ1n) is 11.2. The van der Waals surface area contributed by atoms with Crippen LogP contribution in [0.1, 0.15) is 56.9 Å². The van der Waals surface area contributed by atoms with Gasteiger partial charge in [0.05, 0.1) is 0 Å². The molecule has 2 N–H and O–H groups in total. The summed E-state index contributed by atoms with van der Waals surface area (Å²) in [6, 6.07) is 10.5. The molecule has 1 amide bonds. The number of aliphatic hydroxyl groups excluding tert-OH is 1. The van der Waals surface area contributed by atoms with E-state index in [4.69, 9.17) is 9.47 Å². The van der Waals surface area contributed by atoms with Gasteiger partial charge < -0.3 is 19.9 Å². The van der Waals surface area contributed by atoms with Crippen molar-refractivity contribution in [3.63, 3.8) is 0 Å². The van der Waals surface area contributed by atoms with Crippen LogP contribution in [0.5, 0.6) is 0 Å². The van der Waals surface area contributed by atoms with Gasteiger partial charge in [0, 0.05) is 31.1 Å². The number of carbonyl (C=O) groups is 1. The van der Waals surface area contributed by atoms with E-state index in [0.717, 1.165) is 24.3 Å². The number of ether oxygens (including phenoxy) is 2. The number of carbonyl (C=O) groups excluding carboxylic acids is 1. The summed E-state index contributed by atoms with van der Waals surface area (Å²) in [5, 5.41) is 12.6. The van der Waals surface area contributed by atoms with Crippen LogP contribution in [0.4, 0.5) is 0 Å². The molecule has 4 rings (SSSR count). The van der Waals surface area contributed by atoms with Crippen molar-refractivity contribution >= 4 is 5.91 Å². The van der Waals surface area contributed by atoms with Gasteiger partial charge in [-0.15, -0.1) is 0 Å². The van der Waals surface area contributed by atoms with E-state index in [9.17, 15) is 9.90 Å². The van der Waals surface area contributed by atoms with Crippen molar-refractivity contribution in [2.24, 2.45) is 17.8 Å². The summed E-state index contributed by atoms with van der Waals surface area (Å²) in [5.74, 6) is 1.74. The summed E-state index contributed by atoms with van der Waals surface area (Å²) in [6.45, 7) is 2.60. The van der Waals surface area contributed by atoms with Gasteiger partial charge in [0.2, 0.25) is 6.29 Å². The normalized spacial score (nSPS) is 33.2. The number of aliphatic hydroxyl groups is 1. The molecule has 6 unspecified atom stereocenters. The number of nitrogens with one attached hydrogen (secondary N) is 1. The number of rotatable bonds is 8. The van der Waals surface area contributed by atoms with Crippen LogP contribution < -0.4 is 5.32 Å². The first-order valence-corrected chi connectivity index (χ1v) is 11.2. The van der Waals surface area contributed by atoms with Gasteiger partial charge in [-0.1, -0.05) is 36.8 Å². The summed E-state index contributed by atoms with van der Waals surface area (Å²) >= 11 is 0. The molecule has 1 aromatic rings. The Morgan fingerprint density at radius 2 is 2.07 bits per heavy atom. The molecular weight excluding hydrogens is 366 g/mol. The van der Waals surface area contributed by atoms with Crippen molar-refractivity contribution in [2.45, 2.75) is 63.7 Å². The second kappa shape index (κ2) is 9.31. The standard InChI is InChI=1S/C24H33NO4/c1-2-28-24-19(9-6-12-26)20(17-7-4-3-5-8-17)15-22(29-24)23(27)25-21-14-16-10-11-18(21)13-16/h3-5,7-8,15-16,18-21,24,26H,2,6,9-14H2,1H3,(H,25,27). The van der Waals surface area contributed by atoms with Crippen LogP contribution >= 0.6 is 0 Å². The fraction of sp³-hybridized carbons (Fsp3) is 0.625. The molecular formula is C24H33NO4. The Kier molecular flexibility index (Phi) is 6.56. The molecule has 2 saturated carbocycles. The van der Waals surface area contributed by atoms with Gasteiger partial charge in [-0.3, -0.25) is 4.79 Å². The zero-order valence-corrected chi connectivity index (χ0v) is 17.3. The van der Waals surface area contributed by atoms with Crippen LogP contribution in [0, 0.1) is 17.8 Å². The first-order chi connectivity index (χ1) is 14.2. The second-order valence-corrected chi connectivity index (χ2v) is 8.69. The molecule has 3 aliphatic rings. The molecule has 2 bridgehead atoms. The molecule has 5 nitrogen and oxygen atoms in total. The van der Waals surface area contributed by atoms with Crippen LogP contribution in [0.3, 0.4) is 0 Å². The molecule has 2 fully saturated rings. The van der Waals surface area contributed by atoms with Crippen molar-refractivity contribution in [3.05, 3.63) is 47.7 Å². The Morgan fingerprint density at radius 3 is 2.72 bits per heavy atom. The summed E-state index contributed by atoms with van der Waals surface area (Å²) in [4.78, 5) is 13.1. The van der Waals surface area contributed by atoms with E-state index < -0.39 is 6.29 Å². The fourth-order valence-electron chi connectivity index (χ4n) is 5.48. The van der Waals surface area contributed by atoms with Gasteiger partial charge >= 0.3 is 0 Å². The Bertz CT molecular complexity index is 719. The third-order valence-electron chi connectivity index (χ3n) is 6.87. The minimum Gasteiger partial charge on any atom is -0.459 e. The Morgan fingerprint density at radius 1 is 1.24 bits per heavy atom. The molecule has 1 aliphatic heterocycles. The second-order valence-electron chi connectivity index (χ2n) is 8.69. The minimum atomic E-state index is -0.484. The molecule has 0 aromatic heterocycles. The van der Waals surface area contributed by atoms with Gasteiger partial charge in [-0.2, -0.15) is 0 Å². The highest BCUT2D eigenvalue weighted by Gasteiger charge is 2.42. The molecule has 0 spiro atoms. The van der Waals surface area contributed by atoms with Crippen molar-refractivity contribution in [3.8, 4) is 0 Å². The molecule has 1 heterocycles. The van der Waals surface area contributed by atoms with Crippen molar-refractivity contribution in [2.75, 3.05) is 13.2 Å². The van der Waals surface area contributed by atoms with Crippen LogP contribution in [-0.4, -0.2) is 36.6 Å². The molecule has 0 saturated heterocycles. The smallest absolute Gasteiger partial charge is 0.286 e. The van der Waals surface area contributed by atoms with Gasteiger partial charge in [-0.25, -0.2) is 0 Å². The quantitative estimate of drug-likeness (QED) is 0.699. The van der Waals surface area contributed by atoms with E-state index in [2.05, 4.69) is 17.4 Å².